The van der Waals surface area contributed by atoms with Crippen molar-refractivity contribution in [2.24, 2.45) is 17.8 Å². The van der Waals surface area contributed by atoms with Gasteiger partial charge in [-0.25, -0.2) is 0 Å². The molecule has 126 valence electrons. The SMILES string of the molecule is O=C(Nc1cccc(NC(=O)C2CC3C=CC2C3)c1)c1ccccc1. The van der Waals surface area contributed by atoms with E-state index in [1.165, 1.54) is 0 Å². The van der Waals surface area contributed by atoms with Crippen LogP contribution in [0.2, 0.25) is 0 Å². The maximum absolute atomic E-state index is 12.5. The number of hydrogen-bond acceptors (Lipinski definition) is 2. The lowest BCUT2D eigenvalue weighted by Gasteiger charge is -2.18. The Labute approximate surface area is 146 Å². The molecule has 0 aliphatic heterocycles. The molecule has 0 spiro atoms. The minimum absolute atomic E-state index is 0.0672. The number of amides is 2. The Balaban J connectivity index is 1.42. The molecule has 2 bridgehead atoms. The van der Waals surface area contributed by atoms with Gasteiger partial charge in [-0.2, -0.15) is 0 Å². The normalized spacial score (nSPS) is 23.4. The van der Waals surface area contributed by atoms with Gasteiger partial charge in [0.05, 0.1) is 0 Å². The molecule has 25 heavy (non-hydrogen) atoms. The monoisotopic (exact) mass is 332 g/mol. The van der Waals surface area contributed by atoms with Crippen molar-refractivity contribution in [1.82, 2.24) is 0 Å². The minimum atomic E-state index is -0.165. The highest BCUT2D eigenvalue weighted by molar-refractivity contribution is 6.04. The second-order valence-electron chi connectivity index (χ2n) is 6.78. The smallest absolute Gasteiger partial charge is 0.255 e. The average Bonchev–Trinajstić information content (AvgIpc) is 3.26. The summed E-state index contributed by atoms with van der Waals surface area (Å²) < 4.78 is 0. The number of allylic oxidation sites excluding steroid dienone is 2. The third-order valence-electron chi connectivity index (χ3n) is 5.04. The van der Waals surface area contributed by atoms with Gasteiger partial charge in [0.25, 0.3) is 5.91 Å². The van der Waals surface area contributed by atoms with Crippen molar-refractivity contribution < 1.29 is 9.59 Å². The largest absolute Gasteiger partial charge is 0.326 e. The van der Waals surface area contributed by atoms with Crippen molar-refractivity contribution in [3.05, 3.63) is 72.3 Å². The molecule has 3 atom stereocenters. The second-order valence-corrected chi connectivity index (χ2v) is 6.78. The van der Waals surface area contributed by atoms with Gasteiger partial charge in [0, 0.05) is 22.9 Å². The van der Waals surface area contributed by atoms with Gasteiger partial charge in [-0.15, -0.1) is 0 Å². The van der Waals surface area contributed by atoms with Crippen molar-refractivity contribution in [2.45, 2.75) is 12.8 Å². The molecule has 0 aromatic heterocycles. The fourth-order valence-electron chi connectivity index (χ4n) is 3.78. The quantitative estimate of drug-likeness (QED) is 0.829. The van der Waals surface area contributed by atoms with E-state index in [1.807, 2.05) is 36.4 Å². The lowest BCUT2D eigenvalue weighted by molar-refractivity contribution is -0.120. The van der Waals surface area contributed by atoms with E-state index in [2.05, 4.69) is 22.8 Å². The molecular formula is C21H20N2O2. The Hall–Kier alpha value is -2.88. The first-order valence-corrected chi connectivity index (χ1v) is 8.65. The van der Waals surface area contributed by atoms with Gasteiger partial charge in [0.2, 0.25) is 5.91 Å². The predicted molar refractivity (Wildman–Crippen MR) is 98.3 cm³/mol. The van der Waals surface area contributed by atoms with Gasteiger partial charge in [0.15, 0.2) is 0 Å². The number of carbonyl (C=O) groups excluding carboxylic acids is 2. The Morgan fingerprint density at radius 1 is 0.840 bits per heavy atom. The molecular weight excluding hydrogens is 312 g/mol. The Morgan fingerprint density at radius 3 is 2.28 bits per heavy atom. The van der Waals surface area contributed by atoms with Crippen molar-refractivity contribution in [3.8, 4) is 0 Å². The zero-order valence-electron chi connectivity index (χ0n) is 13.8. The third kappa shape index (κ3) is 3.33. The van der Waals surface area contributed by atoms with Crippen LogP contribution < -0.4 is 10.6 Å². The summed E-state index contributed by atoms with van der Waals surface area (Å²) >= 11 is 0. The van der Waals surface area contributed by atoms with Crippen LogP contribution in [0.3, 0.4) is 0 Å². The van der Waals surface area contributed by atoms with Crippen LogP contribution in [-0.4, -0.2) is 11.8 Å². The summed E-state index contributed by atoms with van der Waals surface area (Å²) in [5.41, 5.74) is 1.98. The fourth-order valence-corrected chi connectivity index (χ4v) is 3.78. The number of fused-ring (bicyclic) bond motifs is 2. The number of nitrogens with one attached hydrogen (secondary N) is 2. The zero-order valence-corrected chi connectivity index (χ0v) is 13.8. The number of carbonyl (C=O) groups is 2. The fraction of sp³-hybridized carbons (Fsp3) is 0.238. The maximum Gasteiger partial charge on any atom is 0.255 e. The molecule has 4 nitrogen and oxygen atoms in total. The first-order chi connectivity index (χ1) is 12.2. The number of hydrogen-bond donors (Lipinski definition) is 2. The number of anilines is 2. The molecule has 2 aliphatic rings. The zero-order chi connectivity index (χ0) is 17.2. The summed E-state index contributed by atoms with van der Waals surface area (Å²) in [5.74, 6) is 0.923. The van der Waals surface area contributed by atoms with Crippen LogP contribution in [0.4, 0.5) is 11.4 Å². The van der Waals surface area contributed by atoms with Crippen LogP contribution in [0.5, 0.6) is 0 Å². The molecule has 3 unspecified atom stereocenters. The highest BCUT2D eigenvalue weighted by Gasteiger charge is 2.39. The Bertz CT molecular complexity index is 829. The van der Waals surface area contributed by atoms with Crippen LogP contribution in [-0.2, 0) is 4.79 Å². The van der Waals surface area contributed by atoms with Crippen molar-refractivity contribution >= 4 is 23.2 Å². The van der Waals surface area contributed by atoms with Crippen LogP contribution in [0.1, 0.15) is 23.2 Å². The van der Waals surface area contributed by atoms with Gasteiger partial charge < -0.3 is 10.6 Å². The molecule has 2 aromatic carbocycles. The first kappa shape index (κ1) is 15.6. The number of benzene rings is 2. The molecule has 2 amide bonds. The molecule has 1 fully saturated rings. The van der Waals surface area contributed by atoms with Crippen molar-refractivity contribution in [3.63, 3.8) is 0 Å². The summed E-state index contributed by atoms with van der Waals surface area (Å²) in [4.78, 5) is 24.8. The molecule has 0 radical (unpaired) electrons. The highest BCUT2D eigenvalue weighted by atomic mass is 16.2. The summed E-state index contributed by atoms with van der Waals surface area (Å²) in [6.45, 7) is 0. The maximum atomic E-state index is 12.5. The molecule has 2 aliphatic carbocycles. The van der Waals surface area contributed by atoms with E-state index in [0.717, 1.165) is 12.8 Å². The summed E-state index contributed by atoms with van der Waals surface area (Å²) in [6, 6.07) is 16.4. The van der Waals surface area contributed by atoms with E-state index >= 15 is 0 Å². The van der Waals surface area contributed by atoms with E-state index in [0.29, 0.717) is 28.8 Å². The molecule has 4 rings (SSSR count). The first-order valence-electron chi connectivity index (χ1n) is 8.65. The van der Waals surface area contributed by atoms with Gasteiger partial charge in [0.1, 0.15) is 0 Å². The summed E-state index contributed by atoms with van der Waals surface area (Å²) in [5, 5.41) is 5.86. The molecule has 4 heteroatoms. The molecule has 0 saturated heterocycles. The highest BCUT2D eigenvalue weighted by Crippen LogP contribution is 2.43. The molecule has 1 saturated carbocycles. The van der Waals surface area contributed by atoms with E-state index in [9.17, 15) is 9.59 Å². The second kappa shape index (κ2) is 6.55. The summed E-state index contributed by atoms with van der Waals surface area (Å²) in [6.07, 6.45) is 6.45. The van der Waals surface area contributed by atoms with Crippen LogP contribution in [0, 0.1) is 17.8 Å². The standard InChI is InChI=1S/C21H20N2O2/c24-20(15-5-2-1-3-6-15)22-17-7-4-8-18(13-17)23-21(25)19-12-14-9-10-16(19)11-14/h1-10,13-14,16,19H,11-12H2,(H,22,24)(H,23,25). The van der Waals surface area contributed by atoms with Crippen molar-refractivity contribution in [1.29, 1.82) is 0 Å². The molecule has 0 heterocycles. The molecule has 2 aromatic rings. The Morgan fingerprint density at radius 2 is 1.60 bits per heavy atom. The van der Waals surface area contributed by atoms with Crippen LogP contribution in [0.15, 0.2) is 66.7 Å². The predicted octanol–water partition coefficient (Wildman–Crippen LogP) is 4.09. The van der Waals surface area contributed by atoms with Gasteiger partial charge in [-0.1, -0.05) is 36.4 Å². The summed E-state index contributed by atoms with van der Waals surface area (Å²) in [7, 11) is 0. The van der Waals surface area contributed by atoms with E-state index in [4.69, 9.17) is 0 Å². The number of rotatable bonds is 4. The lowest BCUT2D eigenvalue weighted by atomic mass is 9.93. The third-order valence-corrected chi connectivity index (χ3v) is 5.04. The topological polar surface area (TPSA) is 58.2 Å². The van der Waals surface area contributed by atoms with Gasteiger partial charge in [-0.05, 0) is 55.0 Å². The lowest BCUT2D eigenvalue weighted by Crippen LogP contribution is -2.25. The minimum Gasteiger partial charge on any atom is -0.326 e. The van der Waals surface area contributed by atoms with E-state index in [-0.39, 0.29) is 17.7 Å². The van der Waals surface area contributed by atoms with E-state index < -0.39 is 0 Å². The average molecular weight is 332 g/mol. The molecule has 2 N–H and O–H groups in total. The van der Waals surface area contributed by atoms with Crippen LogP contribution >= 0.6 is 0 Å². The van der Waals surface area contributed by atoms with Crippen LogP contribution in [0.25, 0.3) is 0 Å². The van der Waals surface area contributed by atoms with E-state index in [1.54, 1.807) is 18.2 Å². The van der Waals surface area contributed by atoms with Crippen molar-refractivity contribution in [2.75, 3.05) is 10.6 Å². The Kier molecular flexibility index (Phi) is 4.10. The van der Waals surface area contributed by atoms with Gasteiger partial charge in [-0.3, -0.25) is 9.59 Å². The van der Waals surface area contributed by atoms with Gasteiger partial charge >= 0.3 is 0 Å².